The van der Waals surface area contributed by atoms with E-state index in [9.17, 15) is 24.0 Å². The number of carbonyl (C=O) groups excluding carboxylic acids is 5. The van der Waals surface area contributed by atoms with Gasteiger partial charge in [0.05, 0.1) is 38.4 Å². The molecule has 1 fully saturated rings. The number of hydrogen-bond donors (Lipinski definition) is 3. The van der Waals surface area contributed by atoms with Crippen LogP contribution in [0.5, 0.6) is 0 Å². The minimum Gasteiger partial charge on any atom is -0.445 e. The second kappa shape index (κ2) is 14.6. The number of thiophene rings is 1. The summed E-state index contributed by atoms with van der Waals surface area (Å²) in [6.07, 6.45) is 0.592. The molecule has 3 aromatic rings. The van der Waals surface area contributed by atoms with Gasteiger partial charge in [-0.2, -0.15) is 0 Å². The van der Waals surface area contributed by atoms with Gasteiger partial charge in [0.15, 0.2) is 0 Å². The van der Waals surface area contributed by atoms with Crippen LogP contribution in [-0.4, -0.2) is 75.1 Å². The first-order valence-electron chi connectivity index (χ1n) is 13.3. The molecule has 1 saturated heterocycles. The van der Waals surface area contributed by atoms with E-state index < -0.39 is 12.0 Å². The van der Waals surface area contributed by atoms with Gasteiger partial charge in [-0.15, -0.1) is 11.3 Å². The first-order valence-corrected chi connectivity index (χ1v) is 14.5. The Morgan fingerprint density at radius 3 is 2.59 bits per heavy atom. The molecular formula is C30H30ClN5O7S. The zero-order valence-corrected chi connectivity index (χ0v) is 25.5. The Hall–Kier alpha value is -4.72. The highest BCUT2D eigenvalue weighted by atomic mass is 35.5. The van der Waals surface area contributed by atoms with Crippen LogP contribution in [0.15, 0.2) is 61.2 Å². The van der Waals surface area contributed by atoms with Crippen LogP contribution < -0.4 is 20.9 Å². The van der Waals surface area contributed by atoms with Crippen molar-refractivity contribution in [1.82, 2.24) is 10.2 Å². The maximum atomic E-state index is 13.6. The number of morpholine rings is 1. The topological polar surface area (TPSA) is 146 Å². The molecule has 0 atom stereocenters. The quantitative estimate of drug-likeness (QED) is 0.279. The summed E-state index contributed by atoms with van der Waals surface area (Å²) in [4.78, 5) is 67.6. The van der Waals surface area contributed by atoms with E-state index in [0.717, 1.165) is 11.3 Å². The Balaban J connectivity index is 1.66. The summed E-state index contributed by atoms with van der Waals surface area (Å²) >= 11 is 7.08. The molecule has 3 N–H and O–H groups in total. The molecule has 0 aliphatic carbocycles. The summed E-state index contributed by atoms with van der Waals surface area (Å²) in [5.74, 6) is -1.66. The normalized spacial score (nSPS) is 12.7. The molecule has 44 heavy (non-hydrogen) atoms. The fraction of sp³-hybridized carbons (Fsp3) is 0.233. The molecule has 12 nitrogen and oxygen atoms in total. The largest absolute Gasteiger partial charge is 0.445 e. The average Bonchev–Trinajstić information content (AvgIpc) is 3.45. The maximum absolute atomic E-state index is 13.6. The number of rotatable bonds is 10. The SMILES string of the molecule is C=CCOC(=O)Nc1cc(C(=O)Nc2c(CNC(=O)c3ccc(Cl)s3)cccc2C(=O)N(C)C)ccc1N1CCOCC1=O. The standard InChI is InChI=1S/C30H30ClN5O7S/c1-4-13-43-30(41)33-21-15-18(8-9-22(21)36-12-14-42-17-25(36)37)27(38)34-26-19(6-5-7-20(26)29(40)35(2)3)16-32-28(39)23-10-11-24(31)44-23/h4-11,15H,1,12-14,16-17H2,2-3H3,(H,32,39)(H,33,41)(H,34,38). The smallest absolute Gasteiger partial charge is 0.412 e. The predicted molar refractivity (Wildman–Crippen MR) is 168 cm³/mol. The minimum atomic E-state index is -0.809. The Kier molecular flexibility index (Phi) is 10.7. The zero-order chi connectivity index (χ0) is 31.8. The van der Waals surface area contributed by atoms with E-state index in [1.54, 1.807) is 44.4 Å². The van der Waals surface area contributed by atoms with Gasteiger partial charge in [-0.1, -0.05) is 36.4 Å². The van der Waals surface area contributed by atoms with E-state index in [-0.39, 0.29) is 66.5 Å². The molecule has 4 rings (SSSR count). The fourth-order valence-corrected chi connectivity index (χ4v) is 5.22. The van der Waals surface area contributed by atoms with E-state index in [2.05, 4.69) is 22.5 Å². The second-order valence-corrected chi connectivity index (χ2v) is 11.3. The molecule has 230 valence electrons. The summed E-state index contributed by atoms with van der Waals surface area (Å²) in [5.41, 5.74) is 1.50. The van der Waals surface area contributed by atoms with Crippen LogP contribution in [0.1, 0.15) is 36.0 Å². The monoisotopic (exact) mass is 639 g/mol. The predicted octanol–water partition coefficient (Wildman–Crippen LogP) is 4.38. The van der Waals surface area contributed by atoms with Gasteiger partial charge >= 0.3 is 6.09 Å². The number of ether oxygens (including phenoxy) is 2. The third-order valence-electron chi connectivity index (χ3n) is 6.37. The number of anilines is 3. The summed E-state index contributed by atoms with van der Waals surface area (Å²) in [6, 6.07) is 12.5. The molecule has 1 aliphatic rings. The fourth-order valence-electron chi connectivity index (χ4n) is 4.26. The minimum absolute atomic E-state index is 0.00144. The van der Waals surface area contributed by atoms with Crippen LogP contribution >= 0.6 is 22.9 Å². The number of carbonyl (C=O) groups is 5. The molecular weight excluding hydrogens is 610 g/mol. The van der Waals surface area contributed by atoms with Crippen molar-refractivity contribution in [1.29, 1.82) is 0 Å². The van der Waals surface area contributed by atoms with E-state index in [4.69, 9.17) is 21.1 Å². The van der Waals surface area contributed by atoms with E-state index in [0.29, 0.717) is 27.1 Å². The first-order chi connectivity index (χ1) is 21.1. The number of nitrogens with zero attached hydrogens (tertiary/aromatic N) is 2. The van der Waals surface area contributed by atoms with Crippen molar-refractivity contribution >= 4 is 69.7 Å². The lowest BCUT2D eigenvalue weighted by Gasteiger charge is -2.29. The molecule has 1 aromatic heterocycles. The molecule has 2 heterocycles. The third kappa shape index (κ3) is 7.81. The van der Waals surface area contributed by atoms with Crippen molar-refractivity contribution in [3.05, 3.63) is 87.1 Å². The van der Waals surface area contributed by atoms with Crippen molar-refractivity contribution in [2.24, 2.45) is 0 Å². The summed E-state index contributed by atoms with van der Waals surface area (Å²) in [7, 11) is 3.16. The van der Waals surface area contributed by atoms with Gasteiger partial charge in [-0.3, -0.25) is 24.5 Å². The first kappa shape index (κ1) is 32.2. The molecule has 1 aliphatic heterocycles. The van der Waals surface area contributed by atoms with E-state index in [1.165, 1.54) is 34.1 Å². The Bertz CT molecular complexity index is 1610. The van der Waals surface area contributed by atoms with Gasteiger partial charge in [0.2, 0.25) is 0 Å². The van der Waals surface area contributed by atoms with Crippen LogP contribution in [0.3, 0.4) is 0 Å². The third-order valence-corrected chi connectivity index (χ3v) is 7.60. The van der Waals surface area contributed by atoms with Gasteiger partial charge in [-0.05, 0) is 42.0 Å². The van der Waals surface area contributed by atoms with Crippen LogP contribution in [-0.2, 0) is 20.8 Å². The molecule has 0 unspecified atom stereocenters. The van der Waals surface area contributed by atoms with Gasteiger partial charge in [0, 0.05) is 32.7 Å². The molecule has 0 saturated carbocycles. The van der Waals surface area contributed by atoms with Crippen LogP contribution in [0.4, 0.5) is 21.9 Å². The van der Waals surface area contributed by atoms with Crippen molar-refractivity contribution in [2.75, 3.05) is 56.0 Å². The second-order valence-electron chi connectivity index (χ2n) is 9.62. The van der Waals surface area contributed by atoms with Crippen LogP contribution in [0, 0.1) is 0 Å². The molecule has 0 radical (unpaired) electrons. The molecule has 14 heteroatoms. The average molecular weight is 640 g/mol. The van der Waals surface area contributed by atoms with Gasteiger partial charge in [0.25, 0.3) is 23.6 Å². The molecule has 0 spiro atoms. The highest BCUT2D eigenvalue weighted by Gasteiger charge is 2.25. The Morgan fingerprint density at radius 2 is 1.91 bits per heavy atom. The number of nitrogens with one attached hydrogen (secondary N) is 3. The number of hydrogen-bond acceptors (Lipinski definition) is 8. The molecule has 2 aromatic carbocycles. The Labute approximate surface area is 262 Å². The van der Waals surface area contributed by atoms with Crippen molar-refractivity contribution in [2.45, 2.75) is 6.54 Å². The van der Waals surface area contributed by atoms with Gasteiger partial charge in [-0.25, -0.2) is 4.79 Å². The van der Waals surface area contributed by atoms with Crippen molar-refractivity contribution < 1.29 is 33.4 Å². The van der Waals surface area contributed by atoms with E-state index >= 15 is 0 Å². The summed E-state index contributed by atoms with van der Waals surface area (Å²) in [6.45, 7) is 3.88. The highest BCUT2D eigenvalue weighted by molar-refractivity contribution is 7.18. The van der Waals surface area contributed by atoms with Crippen molar-refractivity contribution in [3.63, 3.8) is 0 Å². The lowest BCUT2D eigenvalue weighted by atomic mass is 10.0. The van der Waals surface area contributed by atoms with Gasteiger partial charge < -0.3 is 29.9 Å². The molecule has 5 amide bonds. The number of amides is 5. The number of halogens is 1. The maximum Gasteiger partial charge on any atom is 0.412 e. The lowest BCUT2D eigenvalue weighted by Crippen LogP contribution is -2.42. The number of para-hydroxylation sites is 1. The molecule has 0 bridgehead atoms. The highest BCUT2D eigenvalue weighted by Crippen LogP contribution is 2.30. The van der Waals surface area contributed by atoms with Crippen LogP contribution in [0.25, 0.3) is 0 Å². The Morgan fingerprint density at radius 1 is 1.11 bits per heavy atom. The van der Waals surface area contributed by atoms with Gasteiger partial charge in [0.1, 0.15) is 13.2 Å². The number of benzene rings is 2. The van der Waals surface area contributed by atoms with Crippen molar-refractivity contribution in [3.8, 4) is 0 Å². The van der Waals surface area contributed by atoms with E-state index in [1.807, 2.05) is 0 Å². The lowest BCUT2D eigenvalue weighted by molar-refractivity contribution is -0.125. The summed E-state index contributed by atoms with van der Waals surface area (Å²) < 4.78 is 10.7. The van der Waals surface area contributed by atoms with Crippen LogP contribution in [0.2, 0.25) is 4.34 Å². The zero-order valence-electron chi connectivity index (χ0n) is 24.0. The summed E-state index contributed by atoms with van der Waals surface area (Å²) in [5, 5.41) is 8.19.